The zero-order chi connectivity index (χ0) is 30.4. The summed E-state index contributed by atoms with van der Waals surface area (Å²) >= 11 is 0. The molecule has 7 aliphatic rings. The Morgan fingerprint density at radius 1 is 1.14 bits per heavy atom. The second-order valence-electron chi connectivity index (χ2n) is 14.6. The Morgan fingerprint density at radius 2 is 1.86 bits per heavy atom. The van der Waals surface area contributed by atoms with E-state index in [2.05, 4.69) is 0 Å². The van der Waals surface area contributed by atoms with Gasteiger partial charge in [-0.1, -0.05) is 13.8 Å². The molecule has 0 aromatic heterocycles. The average molecular weight is 589 g/mol. The van der Waals surface area contributed by atoms with Gasteiger partial charge in [-0.2, -0.15) is 0 Å². The molecule has 4 saturated heterocycles. The summed E-state index contributed by atoms with van der Waals surface area (Å²) in [6, 6.07) is 0. The third kappa shape index (κ3) is 3.31. The highest BCUT2D eigenvalue weighted by Gasteiger charge is 2.85. The minimum Gasteiger partial charge on any atom is -0.458 e. The highest BCUT2D eigenvalue weighted by Crippen LogP contribution is 2.76. The number of aliphatic hydroxyl groups is 2. The van der Waals surface area contributed by atoms with Crippen molar-refractivity contribution in [2.24, 2.45) is 35.0 Å². The molecule has 2 bridgehead atoms. The molecule has 0 radical (unpaired) electrons. The van der Waals surface area contributed by atoms with Gasteiger partial charge < -0.3 is 33.9 Å². The Morgan fingerprint density at radius 3 is 2.50 bits per heavy atom. The summed E-state index contributed by atoms with van der Waals surface area (Å²) in [5.41, 5.74) is -3.69. The van der Waals surface area contributed by atoms with Gasteiger partial charge in [-0.15, -0.1) is 0 Å². The van der Waals surface area contributed by atoms with Gasteiger partial charge in [0, 0.05) is 30.3 Å². The van der Waals surface area contributed by atoms with Gasteiger partial charge in [0.15, 0.2) is 17.5 Å². The molecule has 7 rings (SSSR count). The van der Waals surface area contributed by atoms with Crippen LogP contribution in [0, 0.1) is 35.0 Å². The van der Waals surface area contributed by atoms with Gasteiger partial charge in [0.25, 0.3) is 0 Å². The molecular weight excluding hydrogens is 548 g/mol. The fourth-order valence-corrected chi connectivity index (χ4v) is 10.4. The number of fused-ring (bicyclic) bond motifs is 3. The van der Waals surface area contributed by atoms with Gasteiger partial charge in [0.1, 0.15) is 23.9 Å². The van der Waals surface area contributed by atoms with E-state index in [0.717, 1.165) is 0 Å². The summed E-state index contributed by atoms with van der Waals surface area (Å²) in [6.45, 7) is 10.6. The van der Waals surface area contributed by atoms with E-state index in [1.165, 1.54) is 6.92 Å². The van der Waals surface area contributed by atoms with E-state index < -0.39 is 93.9 Å². The lowest BCUT2D eigenvalue weighted by molar-refractivity contribution is -0.276. The quantitative estimate of drug-likeness (QED) is 0.365. The number of hydrogen-bond acceptors (Lipinski definition) is 11. The van der Waals surface area contributed by atoms with Crippen molar-refractivity contribution in [1.82, 2.24) is 0 Å². The lowest BCUT2D eigenvalue weighted by Crippen LogP contribution is -2.63. The number of carbonyl (C=O) groups is 4. The summed E-state index contributed by atoms with van der Waals surface area (Å²) in [5.74, 6) is -6.61. The maximum absolute atomic E-state index is 14.3. The topological polar surface area (TPSA) is 155 Å². The normalized spacial score (nSPS) is 51.1. The Labute approximate surface area is 244 Å². The summed E-state index contributed by atoms with van der Waals surface area (Å²) in [6.07, 6.45) is -0.441. The number of carbonyl (C=O) groups excluding carboxylic acids is 4. The van der Waals surface area contributed by atoms with Gasteiger partial charge in [-0.3, -0.25) is 14.4 Å². The van der Waals surface area contributed by atoms with Crippen LogP contribution in [0.5, 0.6) is 0 Å². The Hall–Kier alpha value is -2.34. The van der Waals surface area contributed by atoms with Gasteiger partial charge in [0.2, 0.25) is 5.79 Å². The number of ether oxygens (including phenoxy) is 5. The number of aliphatic hydroxyl groups excluding tert-OH is 1. The zero-order valence-corrected chi connectivity index (χ0v) is 24.9. The Bertz CT molecular complexity index is 1320. The fourth-order valence-electron chi connectivity index (χ4n) is 10.4. The number of Topliss-reactive ketones (excluding diaryl/α,β-unsaturated/α-hetero) is 1. The van der Waals surface area contributed by atoms with Crippen molar-refractivity contribution in [1.29, 1.82) is 0 Å². The highest BCUT2D eigenvalue weighted by molar-refractivity contribution is 5.93. The van der Waals surface area contributed by atoms with Gasteiger partial charge >= 0.3 is 17.9 Å². The van der Waals surface area contributed by atoms with Crippen LogP contribution in [0.15, 0.2) is 11.6 Å². The van der Waals surface area contributed by atoms with Gasteiger partial charge in [0.05, 0.1) is 17.9 Å². The van der Waals surface area contributed by atoms with Crippen LogP contribution in [0.2, 0.25) is 0 Å². The molecular formula is C31H40O11. The number of hydrogen-bond donors (Lipinski definition) is 2. The van der Waals surface area contributed by atoms with Crippen molar-refractivity contribution in [3.63, 3.8) is 0 Å². The van der Waals surface area contributed by atoms with E-state index in [9.17, 15) is 29.4 Å². The van der Waals surface area contributed by atoms with Crippen LogP contribution in [0.25, 0.3) is 0 Å². The van der Waals surface area contributed by atoms with Crippen molar-refractivity contribution in [3.05, 3.63) is 11.6 Å². The van der Waals surface area contributed by atoms with E-state index in [-0.39, 0.29) is 24.7 Å². The van der Waals surface area contributed by atoms with Crippen LogP contribution in [0.4, 0.5) is 0 Å². The van der Waals surface area contributed by atoms with Crippen LogP contribution in [-0.2, 0) is 42.9 Å². The third-order valence-corrected chi connectivity index (χ3v) is 12.1. The average Bonchev–Trinajstić information content (AvgIpc) is 2.99. The lowest BCUT2D eigenvalue weighted by Gasteiger charge is -2.45. The summed E-state index contributed by atoms with van der Waals surface area (Å²) in [4.78, 5) is 51.2. The first kappa shape index (κ1) is 28.4. The first-order valence-corrected chi connectivity index (χ1v) is 15.1. The molecule has 2 saturated carbocycles. The van der Waals surface area contributed by atoms with Crippen LogP contribution in [0.3, 0.4) is 0 Å². The highest BCUT2D eigenvalue weighted by atomic mass is 16.7. The van der Waals surface area contributed by atoms with E-state index in [1.54, 1.807) is 13.0 Å². The molecule has 11 heteroatoms. The molecule has 11 nitrogen and oxygen atoms in total. The lowest BCUT2D eigenvalue weighted by atomic mass is 9.67. The molecule has 42 heavy (non-hydrogen) atoms. The van der Waals surface area contributed by atoms with E-state index in [0.29, 0.717) is 24.8 Å². The molecule has 5 heterocycles. The predicted molar refractivity (Wildman–Crippen MR) is 141 cm³/mol. The van der Waals surface area contributed by atoms with Crippen molar-refractivity contribution in [3.8, 4) is 0 Å². The monoisotopic (exact) mass is 588 g/mol. The molecule has 5 aliphatic heterocycles. The smallest absolute Gasteiger partial charge is 0.334 e. The molecule has 13 atom stereocenters. The summed E-state index contributed by atoms with van der Waals surface area (Å²) in [5, 5.41) is 24.5. The second kappa shape index (κ2) is 8.43. The number of cyclic esters (lactones) is 1. The number of ketones is 1. The minimum absolute atomic E-state index is 0.00702. The fraction of sp³-hybridized carbons (Fsp3) is 0.806. The van der Waals surface area contributed by atoms with Crippen LogP contribution in [0.1, 0.15) is 73.6 Å². The van der Waals surface area contributed by atoms with Crippen LogP contribution < -0.4 is 0 Å². The predicted octanol–water partition coefficient (Wildman–Crippen LogP) is 1.75. The van der Waals surface area contributed by atoms with Gasteiger partial charge in [-0.05, 0) is 63.9 Å². The van der Waals surface area contributed by atoms with Crippen LogP contribution in [-0.4, -0.2) is 80.9 Å². The first-order valence-electron chi connectivity index (χ1n) is 15.1. The maximum Gasteiger partial charge on any atom is 0.334 e. The minimum atomic E-state index is -2.19. The summed E-state index contributed by atoms with van der Waals surface area (Å²) in [7, 11) is 0. The van der Waals surface area contributed by atoms with E-state index in [4.69, 9.17) is 23.7 Å². The molecule has 0 aromatic carbocycles. The Kier molecular flexibility index (Phi) is 5.71. The number of esters is 3. The second-order valence-corrected chi connectivity index (χ2v) is 14.6. The van der Waals surface area contributed by atoms with E-state index >= 15 is 0 Å². The third-order valence-electron chi connectivity index (χ3n) is 12.1. The maximum atomic E-state index is 14.3. The molecule has 13 unspecified atom stereocenters. The van der Waals surface area contributed by atoms with Gasteiger partial charge in [-0.25, -0.2) is 4.79 Å². The zero-order valence-electron chi connectivity index (χ0n) is 24.9. The molecule has 2 spiro atoms. The van der Waals surface area contributed by atoms with Crippen molar-refractivity contribution in [2.75, 3.05) is 0 Å². The first-order chi connectivity index (χ1) is 19.5. The Balaban J connectivity index is 1.24. The van der Waals surface area contributed by atoms with Crippen molar-refractivity contribution < 1.29 is 53.1 Å². The molecule has 230 valence electrons. The standard InChI is InChI=1S/C31H40O11/c1-13-11-17(39-25(13)35)22(38-15(3)32)14(2)21-23-28(21,6)9-10-29-16(24(34)31(23,37)42-29)7-8-18-27(4,5)40-19-12-20(33)41-30(18,19)26(29)36/h11,14,16-19,21-23,26,36-37H,7-10,12H2,1-6H3. The van der Waals surface area contributed by atoms with Crippen molar-refractivity contribution >= 4 is 23.7 Å². The van der Waals surface area contributed by atoms with Crippen molar-refractivity contribution in [2.45, 2.75) is 121 Å². The molecule has 0 aromatic rings. The molecule has 2 aliphatic carbocycles. The largest absolute Gasteiger partial charge is 0.458 e. The summed E-state index contributed by atoms with van der Waals surface area (Å²) < 4.78 is 30.0. The van der Waals surface area contributed by atoms with Crippen LogP contribution >= 0.6 is 0 Å². The molecule has 6 fully saturated rings. The van der Waals surface area contributed by atoms with E-state index in [1.807, 2.05) is 27.7 Å². The molecule has 2 N–H and O–H groups in total. The SMILES string of the molecule is CC(=O)OC(C1C=C(C)C(=O)O1)C(C)C1C2C3(O)OC4(CCC12C)C(CCC1C(C)(C)OC2CC(=O)OC21C4O)C3=O. The number of rotatable bonds is 4. The molecule has 0 amide bonds.